The molecular formula is C25H26BrNO4. The molecule has 1 aliphatic heterocycles. The summed E-state index contributed by atoms with van der Waals surface area (Å²) in [6, 6.07) is 13.6. The van der Waals surface area contributed by atoms with Crippen LogP contribution in [0, 0.1) is 0 Å². The van der Waals surface area contributed by atoms with Crippen LogP contribution in [0.15, 0.2) is 58.2 Å². The van der Waals surface area contributed by atoms with Crippen LogP contribution in [-0.4, -0.2) is 24.9 Å². The van der Waals surface area contributed by atoms with Crippen LogP contribution in [-0.2, 0) is 9.59 Å². The Hall–Kier alpha value is -2.60. The quantitative estimate of drug-likeness (QED) is 0.630. The minimum atomic E-state index is -0.300. The predicted molar refractivity (Wildman–Crippen MR) is 122 cm³/mol. The van der Waals surface area contributed by atoms with E-state index in [2.05, 4.69) is 21.2 Å². The zero-order chi connectivity index (χ0) is 22.1. The molecule has 0 bridgehead atoms. The van der Waals surface area contributed by atoms with Crippen LogP contribution < -0.4 is 14.8 Å². The van der Waals surface area contributed by atoms with E-state index < -0.39 is 0 Å². The first-order valence-electron chi connectivity index (χ1n) is 10.5. The molecule has 0 aromatic heterocycles. The summed E-state index contributed by atoms with van der Waals surface area (Å²) in [4.78, 5) is 25.9. The van der Waals surface area contributed by atoms with Gasteiger partial charge in [0.25, 0.3) is 0 Å². The Balaban J connectivity index is 1.66. The molecule has 2 atom stereocenters. The fourth-order valence-corrected chi connectivity index (χ4v) is 4.91. The van der Waals surface area contributed by atoms with Crippen molar-refractivity contribution in [3.63, 3.8) is 0 Å². The number of halogens is 1. The Morgan fingerprint density at radius 3 is 2.45 bits per heavy atom. The summed E-state index contributed by atoms with van der Waals surface area (Å²) in [5.74, 6) is 1.24. The molecule has 0 spiro atoms. The van der Waals surface area contributed by atoms with E-state index in [1.54, 1.807) is 7.11 Å². The number of benzene rings is 2. The van der Waals surface area contributed by atoms with Crippen LogP contribution in [0.1, 0.15) is 56.1 Å². The van der Waals surface area contributed by atoms with Crippen LogP contribution >= 0.6 is 15.9 Å². The van der Waals surface area contributed by atoms with Gasteiger partial charge in [0, 0.05) is 40.1 Å². The van der Waals surface area contributed by atoms with E-state index in [0.717, 1.165) is 27.0 Å². The van der Waals surface area contributed by atoms with Gasteiger partial charge in [-0.3, -0.25) is 9.59 Å². The minimum Gasteiger partial charge on any atom is -0.496 e. The van der Waals surface area contributed by atoms with Crippen molar-refractivity contribution in [3.8, 4) is 11.5 Å². The molecule has 0 saturated carbocycles. The Bertz CT molecular complexity index is 1040. The lowest BCUT2D eigenvalue weighted by Gasteiger charge is -2.35. The van der Waals surface area contributed by atoms with Crippen molar-refractivity contribution in [2.45, 2.75) is 51.0 Å². The second-order valence-corrected chi connectivity index (χ2v) is 9.26. The maximum atomic E-state index is 13.3. The third-order valence-corrected chi connectivity index (χ3v) is 6.32. The third-order valence-electron chi connectivity index (χ3n) is 5.83. The van der Waals surface area contributed by atoms with E-state index in [4.69, 9.17) is 9.47 Å². The van der Waals surface area contributed by atoms with Crippen molar-refractivity contribution < 1.29 is 19.1 Å². The molecule has 31 heavy (non-hydrogen) atoms. The Kier molecular flexibility index (Phi) is 6.19. The molecule has 1 heterocycles. The number of hydrogen-bond acceptors (Lipinski definition) is 4. The number of methoxy groups -OCH3 is 1. The second-order valence-electron chi connectivity index (χ2n) is 8.35. The van der Waals surface area contributed by atoms with Gasteiger partial charge in [-0.05, 0) is 62.1 Å². The lowest BCUT2D eigenvalue weighted by molar-refractivity contribution is -0.122. The van der Waals surface area contributed by atoms with E-state index in [0.29, 0.717) is 24.2 Å². The van der Waals surface area contributed by atoms with Gasteiger partial charge in [0.15, 0.2) is 5.78 Å². The molecule has 2 aliphatic rings. The summed E-state index contributed by atoms with van der Waals surface area (Å²) in [6.45, 7) is 3.98. The van der Waals surface area contributed by atoms with Crippen molar-refractivity contribution in [1.82, 2.24) is 5.32 Å². The van der Waals surface area contributed by atoms with Crippen molar-refractivity contribution in [3.05, 3.63) is 69.3 Å². The molecule has 0 radical (unpaired) electrons. The van der Waals surface area contributed by atoms with Crippen molar-refractivity contribution in [1.29, 1.82) is 0 Å². The van der Waals surface area contributed by atoms with E-state index in [-0.39, 0.29) is 36.1 Å². The van der Waals surface area contributed by atoms with Gasteiger partial charge in [-0.2, -0.15) is 0 Å². The fourth-order valence-electron chi connectivity index (χ4n) is 4.53. The number of carbonyl (C=O) groups is 2. The molecule has 6 heteroatoms. The monoisotopic (exact) mass is 483 g/mol. The fraction of sp³-hybridized carbons (Fsp3) is 0.360. The highest BCUT2D eigenvalue weighted by Crippen LogP contribution is 2.45. The average molecular weight is 484 g/mol. The first kappa shape index (κ1) is 21.6. The molecule has 2 unspecified atom stereocenters. The maximum absolute atomic E-state index is 13.3. The molecular weight excluding hydrogens is 458 g/mol. The Morgan fingerprint density at radius 1 is 1.03 bits per heavy atom. The molecule has 2 aromatic carbocycles. The lowest BCUT2D eigenvalue weighted by atomic mass is 9.73. The molecule has 5 nitrogen and oxygen atoms in total. The maximum Gasteiger partial charge on any atom is 0.225 e. The van der Waals surface area contributed by atoms with Crippen LogP contribution in [0.4, 0.5) is 0 Å². The SMILES string of the molecule is COc1ccc(Br)cc1C1CC(=O)NC2=C1C(=O)CC(c1ccc(OC(C)C)cc1)C2. The topological polar surface area (TPSA) is 64.6 Å². The molecule has 1 N–H and O–H groups in total. The Morgan fingerprint density at radius 2 is 1.77 bits per heavy atom. The highest BCUT2D eigenvalue weighted by molar-refractivity contribution is 9.10. The average Bonchev–Trinajstić information content (AvgIpc) is 2.72. The number of carbonyl (C=O) groups excluding carboxylic acids is 2. The number of amides is 1. The molecule has 162 valence electrons. The van der Waals surface area contributed by atoms with Crippen molar-refractivity contribution in [2.75, 3.05) is 7.11 Å². The van der Waals surface area contributed by atoms with Crippen LogP contribution in [0.5, 0.6) is 11.5 Å². The number of Topliss-reactive ketones (excluding diaryl/α,β-unsaturated/α-hetero) is 1. The number of rotatable bonds is 5. The van der Waals surface area contributed by atoms with Crippen molar-refractivity contribution >= 4 is 27.6 Å². The minimum absolute atomic E-state index is 0.0304. The number of hydrogen-bond donors (Lipinski definition) is 1. The first-order valence-corrected chi connectivity index (χ1v) is 11.3. The lowest BCUT2D eigenvalue weighted by Crippen LogP contribution is -2.38. The summed E-state index contributed by atoms with van der Waals surface area (Å²) in [5, 5.41) is 2.98. The molecule has 0 fully saturated rings. The Labute approximate surface area is 190 Å². The van der Waals surface area contributed by atoms with Gasteiger partial charge in [-0.1, -0.05) is 28.1 Å². The summed E-state index contributed by atoms with van der Waals surface area (Å²) in [5.41, 5.74) is 3.40. The summed E-state index contributed by atoms with van der Waals surface area (Å²) in [7, 11) is 1.61. The van der Waals surface area contributed by atoms with Gasteiger partial charge in [-0.15, -0.1) is 0 Å². The van der Waals surface area contributed by atoms with Gasteiger partial charge in [0.2, 0.25) is 5.91 Å². The zero-order valence-electron chi connectivity index (χ0n) is 17.9. The molecule has 2 aromatic rings. The zero-order valence-corrected chi connectivity index (χ0v) is 19.5. The molecule has 0 saturated heterocycles. The highest BCUT2D eigenvalue weighted by atomic mass is 79.9. The van der Waals surface area contributed by atoms with Crippen molar-refractivity contribution in [2.24, 2.45) is 0 Å². The molecule has 4 rings (SSSR count). The van der Waals surface area contributed by atoms with Gasteiger partial charge in [0.05, 0.1) is 13.2 Å². The number of allylic oxidation sites excluding steroid dienone is 2. The number of ketones is 1. The van der Waals surface area contributed by atoms with E-state index in [9.17, 15) is 9.59 Å². The van der Waals surface area contributed by atoms with Crippen LogP contribution in [0.25, 0.3) is 0 Å². The normalized spacial score (nSPS) is 21.1. The molecule has 1 aliphatic carbocycles. The predicted octanol–water partition coefficient (Wildman–Crippen LogP) is 5.25. The standard InChI is InChI=1S/C25H26BrNO4/c1-14(2)31-18-7-4-15(5-8-18)16-10-21-25(22(28)11-16)20(13-24(29)27-21)19-12-17(26)6-9-23(19)30-3/h4-9,12,14,16,20H,10-11,13H2,1-3H3,(H,27,29). The van der Waals surface area contributed by atoms with E-state index >= 15 is 0 Å². The van der Waals surface area contributed by atoms with Crippen LogP contribution in [0.3, 0.4) is 0 Å². The number of ether oxygens (including phenoxy) is 2. The van der Waals surface area contributed by atoms with Gasteiger partial charge < -0.3 is 14.8 Å². The third kappa shape index (κ3) is 4.54. The number of nitrogens with one attached hydrogen (secondary N) is 1. The smallest absolute Gasteiger partial charge is 0.225 e. The first-order chi connectivity index (χ1) is 14.9. The second kappa shape index (κ2) is 8.87. The van der Waals surface area contributed by atoms with E-state index in [1.165, 1.54) is 0 Å². The van der Waals surface area contributed by atoms with Crippen LogP contribution in [0.2, 0.25) is 0 Å². The van der Waals surface area contributed by atoms with Gasteiger partial charge in [0.1, 0.15) is 11.5 Å². The highest BCUT2D eigenvalue weighted by Gasteiger charge is 2.39. The summed E-state index contributed by atoms with van der Waals surface area (Å²) in [6.07, 6.45) is 1.40. The summed E-state index contributed by atoms with van der Waals surface area (Å²) < 4.78 is 12.1. The molecule has 1 amide bonds. The largest absolute Gasteiger partial charge is 0.496 e. The van der Waals surface area contributed by atoms with Gasteiger partial charge in [-0.25, -0.2) is 0 Å². The van der Waals surface area contributed by atoms with E-state index in [1.807, 2.05) is 56.3 Å². The van der Waals surface area contributed by atoms with Gasteiger partial charge >= 0.3 is 0 Å². The summed E-state index contributed by atoms with van der Waals surface area (Å²) >= 11 is 3.50.